The Morgan fingerprint density at radius 2 is 1.94 bits per heavy atom. The van der Waals surface area contributed by atoms with Gasteiger partial charge in [0.2, 0.25) is 9.05 Å². The van der Waals surface area contributed by atoms with Gasteiger partial charge in [0.15, 0.2) is 0 Å². The Labute approximate surface area is 97.8 Å². The summed E-state index contributed by atoms with van der Waals surface area (Å²) in [5, 5.41) is 2.44. The maximum atomic E-state index is 10.8. The second-order valence-electron chi connectivity index (χ2n) is 3.00. The van der Waals surface area contributed by atoms with Crippen molar-refractivity contribution >= 4 is 31.5 Å². The van der Waals surface area contributed by atoms with E-state index in [1.54, 1.807) is 24.3 Å². The number of hydrogen-bond acceptors (Lipinski definition) is 4. The molecule has 0 spiro atoms. The standard InChI is InChI=1S/C9H10ClNO4S/c1-15-9(12)11-8-4-2-7(3-5-8)6-16(10,13)14/h2-5H,6H2,1H3,(H,11,12). The molecule has 88 valence electrons. The van der Waals surface area contributed by atoms with E-state index in [0.717, 1.165) is 0 Å². The molecule has 1 aromatic carbocycles. The lowest BCUT2D eigenvalue weighted by molar-refractivity contribution is 0.187. The molecular formula is C9H10ClNO4S. The van der Waals surface area contributed by atoms with Gasteiger partial charge in [-0.15, -0.1) is 0 Å². The molecule has 7 heteroatoms. The second-order valence-corrected chi connectivity index (χ2v) is 5.77. The quantitative estimate of drug-likeness (QED) is 0.846. The molecule has 1 N–H and O–H groups in total. The first-order valence-electron chi connectivity index (χ1n) is 4.27. The molecule has 5 nitrogen and oxygen atoms in total. The lowest BCUT2D eigenvalue weighted by Crippen LogP contribution is -2.10. The van der Waals surface area contributed by atoms with Crippen LogP contribution in [0.5, 0.6) is 0 Å². The topological polar surface area (TPSA) is 72.5 Å². The first-order chi connectivity index (χ1) is 7.40. The summed E-state index contributed by atoms with van der Waals surface area (Å²) in [6.07, 6.45) is -0.585. The van der Waals surface area contributed by atoms with Gasteiger partial charge in [-0.2, -0.15) is 0 Å². The van der Waals surface area contributed by atoms with Gasteiger partial charge in [-0.25, -0.2) is 13.2 Å². The van der Waals surface area contributed by atoms with Crippen LogP contribution in [0.3, 0.4) is 0 Å². The predicted octanol–water partition coefficient (Wildman–Crippen LogP) is 1.93. The van der Waals surface area contributed by atoms with Crippen molar-refractivity contribution in [1.82, 2.24) is 0 Å². The summed E-state index contributed by atoms with van der Waals surface area (Å²) in [6, 6.07) is 6.25. The van der Waals surface area contributed by atoms with Crippen LogP contribution in [0.2, 0.25) is 0 Å². The molecule has 0 aromatic heterocycles. The summed E-state index contributed by atoms with van der Waals surface area (Å²) in [5.41, 5.74) is 1.06. The number of benzene rings is 1. The molecule has 0 atom stereocenters. The number of amides is 1. The van der Waals surface area contributed by atoms with E-state index in [0.29, 0.717) is 11.3 Å². The molecule has 0 unspecified atom stereocenters. The number of halogens is 1. The van der Waals surface area contributed by atoms with E-state index in [4.69, 9.17) is 10.7 Å². The fraction of sp³-hybridized carbons (Fsp3) is 0.222. The average Bonchev–Trinajstić information content (AvgIpc) is 2.18. The molecule has 0 saturated carbocycles. The molecule has 0 radical (unpaired) electrons. The maximum absolute atomic E-state index is 10.8. The lowest BCUT2D eigenvalue weighted by atomic mass is 10.2. The van der Waals surface area contributed by atoms with Gasteiger partial charge in [-0.3, -0.25) is 5.32 Å². The Hall–Kier alpha value is -1.27. The van der Waals surface area contributed by atoms with Crippen LogP contribution in [0.1, 0.15) is 5.56 Å². The Morgan fingerprint density at radius 3 is 2.38 bits per heavy atom. The highest BCUT2D eigenvalue weighted by Crippen LogP contribution is 2.13. The predicted molar refractivity (Wildman–Crippen MR) is 60.9 cm³/mol. The molecule has 1 rings (SSSR count). The summed E-state index contributed by atoms with van der Waals surface area (Å²) < 4.78 is 26.0. The number of carbonyl (C=O) groups excluding carboxylic acids is 1. The summed E-state index contributed by atoms with van der Waals surface area (Å²) >= 11 is 0. The molecule has 0 heterocycles. The monoisotopic (exact) mass is 263 g/mol. The third kappa shape index (κ3) is 4.50. The Balaban J connectivity index is 2.72. The zero-order valence-electron chi connectivity index (χ0n) is 8.44. The molecule has 1 amide bonds. The normalized spacial score (nSPS) is 10.9. The van der Waals surface area contributed by atoms with E-state index in [1.807, 2.05) is 0 Å². The van der Waals surface area contributed by atoms with Crippen molar-refractivity contribution in [1.29, 1.82) is 0 Å². The molecule has 16 heavy (non-hydrogen) atoms. The highest BCUT2D eigenvalue weighted by atomic mass is 35.7. The van der Waals surface area contributed by atoms with Gasteiger partial charge in [0.25, 0.3) is 0 Å². The van der Waals surface area contributed by atoms with Crippen molar-refractivity contribution < 1.29 is 17.9 Å². The lowest BCUT2D eigenvalue weighted by Gasteiger charge is -2.04. The molecule has 0 aliphatic carbocycles. The van der Waals surface area contributed by atoms with Crippen LogP contribution in [0.25, 0.3) is 0 Å². The SMILES string of the molecule is COC(=O)Nc1ccc(CS(=O)(=O)Cl)cc1. The van der Waals surface area contributed by atoms with Crippen molar-refractivity contribution in [2.45, 2.75) is 5.75 Å². The van der Waals surface area contributed by atoms with E-state index in [-0.39, 0.29) is 5.75 Å². The van der Waals surface area contributed by atoms with Gasteiger partial charge < -0.3 is 4.74 Å². The molecule has 0 fully saturated rings. The zero-order chi connectivity index (χ0) is 12.2. The third-order valence-corrected chi connectivity index (χ3v) is 2.73. The fourth-order valence-corrected chi connectivity index (χ4v) is 2.02. The van der Waals surface area contributed by atoms with Gasteiger partial charge >= 0.3 is 6.09 Å². The number of rotatable bonds is 3. The van der Waals surface area contributed by atoms with E-state index in [2.05, 4.69) is 10.1 Å². The average molecular weight is 264 g/mol. The Morgan fingerprint density at radius 1 is 1.38 bits per heavy atom. The van der Waals surface area contributed by atoms with Gasteiger partial charge in [0.1, 0.15) is 0 Å². The minimum atomic E-state index is -3.56. The molecule has 0 aliphatic rings. The van der Waals surface area contributed by atoms with Gasteiger partial charge in [0, 0.05) is 16.4 Å². The molecule has 1 aromatic rings. The van der Waals surface area contributed by atoms with E-state index >= 15 is 0 Å². The molecule has 0 saturated heterocycles. The number of hydrogen-bond donors (Lipinski definition) is 1. The highest BCUT2D eigenvalue weighted by Gasteiger charge is 2.07. The van der Waals surface area contributed by atoms with Crippen LogP contribution >= 0.6 is 10.7 Å². The van der Waals surface area contributed by atoms with Crippen molar-refractivity contribution in [2.75, 3.05) is 12.4 Å². The first kappa shape index (κ1) is 12.8. The van der Waals surface area contributed by atoms with Crippen molar-refractivity contribution in [3.05, 3.63) is 29.8 Å². The van der Waals surface area contributed by atoms with E-state index in [9.17, 15) is 13.2 Å². The Kier molecular flexibility index (Phi) is 4.14. The summed E-state index contributed by atoms with van der Waals surface area (Å²) in [6.45, 7) is 0. The summed E-state index contributed by atoms with van der Waals surface area (Å²) in [5.74, 6) is -0.243. The summed E-state index contributed by atoms with van der Waals surface area (Å²) in [7, 11) is 2.79. The second kappa shape index (κ2) is 5.18. The van der Waals surface area contributed by atoms with Gasteiger partial charge in [0.05, 0.1) is 12.9 Å². The van der Waals surface area contributed by atoms with Crippen LogP contribution in [0, 0.1) is 0 Å². The van der Waals surface area contributed by atoms with Crippen LogP contribution in [0.4, 0.5) is 10.5 Å². The maximum Gasteiger partial charge on any atom is 0.411 e. The van der Waals surface area contributed by atoms with E-state index < -0.39 is 15.1 Å². The summed E-state index contributed by atoms with van der Waals surface area (Å²) in [4.78, 5) is 10.8. The van der Waals surface area contributed by atoms with Crippen molar-refractivity contribution in [3.63, 3.8) is 0 Å². The highest BCUT2D eigenvalue weighted by molar-refractivity contribution is 8.13. The minimum Gasteiger partial charge on any atom is -0.453 e. The van der Waals surface area contributed by atoms with Gasteiger partial charge in [-0.1, -0.05) is 12.1 Å². The first-order valence-corrected chi connectivity index (χ1v) is 6.75. The largest absolute Gasteiger partial charge is 0.453 e. The zero-order valence-corrected chi connectivity index (χ0v) is 10.0. The van der Waals surface area contributed by atoms with Crippen molar-refractivity contribution in [2.24, 2.45) is 0 Å². The number of anilines is 1. The molecular weight excluding hydrogens is 254 g/mol. The minimum absolute atomic E-state index is 0.243. The fourth-order valence-electron chi connectivity index (χ4n) is 1.05. The number of methoxy groups -OCH3 is 1. The van der Waals surface area contributed by atoms with Crippen LogP contribution in [0.15, 0.2) is 24.3 Å². The van der Waals surface area contributed by atoms with Gasteiger partial charge in [-0.05, 0) is 17.7 Å². The van der Waals surface area contributed by atoms with Crippen molar-refractivity contribution in [3.8, 4) is 0 Å². The number of nitrogens with one attached hydrogen (secondary N) is 1. The molecule has 0 aliphatic heterocycles. The van der Waals surface area contributed by atoms with E-state index in [1.165, 1.54) is 7.11 Å². The smallest absolute Gasteiger partial charge is 0.411 e. The number of carbonyl (C=O) groups is 1. The number of ether oxygens (including phenoxy) is 1. The van der Waals surface area contributed by atoms with Crippen LogP contribution in [-0.2, 0) is 19.5 Å². The molecule has 0 bridgehead atoms. The third-order valence-electron chi connectivity index (χ3n) is 1.72. The van der Waals surface area contributed by atoms with Crippen LogP contribution < -0.4 is 5.32 Å². The Bertz CT molecular complexity index is 469. The van der Waals surface area contributed by atoms with Crippen LogP contribution in [-0.4, -0.2) is 21.6 Å².